The Morgan fingerprint density at radius 1 is 1.21 bits per heavy atom. The highest BCUT2D eigenvalue weighted by atomic mass is 79.9. The summed E-state index contributed by atoms with van der Waals surface area (Å²) in [6.45, 7) is 0.164. The first-order valence-corrected chi connectivity index (χ1v) is 10.3. The lowest BCUT2D eigenvalue weighted by Gasteiger charge is -2.09. The number of carbonyl (C=O) groups excluding carboxylic acids is 1. The van der Waals surface area contributed by atoms with Crippen LogP contribution in [0.3, 0.4) is 0 Å². The fourth-order valence-corrected chi connectivity index (χ4v) is 3.81. The van der Waals surface area contributed by atoms with E-state index in [0.29, 0.717) is 33.6 Å². The molecule has 1 fully saturated rings. The van der Waals surface area contributed by atoms with Crippen LogP contribution in [-0.4, -0.2) is 23.9 Å². The topological polar surface area (TPSA) is 72.8 Å². The van der Waals surface area contributed by atoms with Crippen molar-refractivity contribution in [3.05, 3.63) is 62.7 Å². The third-order valence-electron chi connectivity index (χ3n) is 4.89. The molecule has 5 rings (SSSR count). The number of rotatable bonds is 4. The van der Waals surface area contributed by atoms with Gasteiger partial charge in [0.25, 0.3) is 5.91 Å². The van der Waals surface area contributed by atoms with Crippen LogP contribution in [0.2, 0.25) is 5.02 Å². The Balaban J connectivity index is 1.43. The van der Waals surface area contributed by atoms with Crippen LogP contribution >= 0.6 is 27.5 Å². The predicted molar refractivity (Wildman–Crippen MR) is 114 cm³/mol. The van der Waals surface area contributed by atoms with Crippen molar-refractivity contribution >= 4 is 50.6 Å². The van der Waals surface area contributed by atoms with Crippen LogP contribution in [0, 0.1) is 0 Å². The van der Waals surface area contributed by atoms with E-state index in [1.54, 1.807) is 12.1 Å². The largest absolute Gasteiger partial charge is 0.454 e. The molecular formula is C21H15BrClN3O3. The van der Waals surface area contributed by atoms with Crippen molar-refractivity contribution in [2.45, 2.75) is 18.8 Å². The molecule has 1 saturated carbocycles. The van der Waals surface area contributed by atoms with Gasteiger partial charge in [0.15, 0.2) is 11.5 Å². The Morgan fingerprint density at radius 2 is 2.00 bits per heavy atom. The van der Waals surface area contributed by atoms with Gasteiger partial charge in [-0.15, -0.1) is 0 Å². The van der Waals surface area contributed by atoms with Crippen LogP contribution in [0.15, 0.2) is 46.0 Å². The van der Waals surface area contributed by atoms with E-state index in [1.165, 1.54) is 6.21 Å². The van der Waals surface area contributed by atoms with Crippen LogP contribution in [0.1, 0.15) is 40.4 Å². The zero-order valence-electron chi connectivity index (χ0n) is 15.1. The van der Waals surface area contributed by atoms with Crippen LogP contribution in [0.4, 0.5) is 0 Å². The van der Waals surface area contributed by atoms with Crippen molar-refractivity contribution in [2.75, 3.05) is 6.79 Å². The molecule has 8 heteroatoms. The molecule has 3 aromatic rings. The number of benzene rings is 2. The molecule has 2 aliphatic rings. The van der Waals surface area contributed by atoms with Gasteiger partial charge < -0.3 is 9.47 Å². The van der Waals surface area contributed by atoms with Gasteiger partial charge in [-0.1, -0.05) is 27.5 Å². The molecule has 1 aliphatic heterocycles. The molecule has 0 atom stereocenters. The lowest BCUT2D eigenvalue weighted by Crippen LogP contribution is -2.18. The minimum atomic E-state index is -0.300. The number of hydrogen-bond acceptors (Lipinski definition) is 5. The maximum Gasteiger partial charge on any atom is 0.272 e. The number of amides is 1. The van der Waals surface area contributed by atoms with E-state index in [-0.39, 0.29) is 12.7 Å². The van der Waals surface area contributed by atoms with Gasteiger partial charge in [0, 0.05) is 33.1 Å². The molecule has 0 radical (unpaired) electrons. The molecule has 0 unspecified atom stereocenters. The number of fused-ring (bicyclic) bond motifs is 2. The molecule has 2 heterocycles. The number of halogens is 2. The lowest BCUT2D eigenvalue weighted by molar-refractivity contribution is 0.0956. The van der Waals surface area contributed by atoms with Crippen LogP contribution in [0.5, 0.6) is 11.5 Å². The Labute approximate surface area is 180 Å². The van der Waals surface area contributed by atoms with Gasteiger partial charge in [-0.25, -0.2) is 5.43 Å². The second kappa shape index (κ2) is 7.31. The molecule has 1 amide bonds. The number of ether oxygens (including phenoxy) is 2. The van der Waals surface area contributed by atoms with E-state index in [9.17, 15) is 4.79 Å². The Kier molecular flexibility index (Phi) is 4.64. The first-order chi connectivity index (χ1) is 14.1. The summed E-state index contributed by atoms with van der Waals surface area (Å²) in [6, 6.07) is 11.0. The number of aromatic nitrogens is 1. The maximum atomic E-state index is 12.9. The number of hydrogen-bond donors (Lipinski definition) is 1. The molecule has 0 spiro atoms. The average Bonchev–Trinajstić information content (AvgIpc) is 3.46. The maximum absolute atomic E-state index is 12.9. The van der Waals surface area contributed by atoms with Gasteiger partial charge in [0.1, 0.15) is 0 Å². The Hall–Kier alpha value is -2.64. The van der Waals surface area contributed by atoms with Crippen molar-refractivity contribution in [2.24, 2.45) is 5.10 Å². The van der Waals surface area contributed by atoms with E-state index in [2.05, 4.69) is 26.5 Å². The van der Waals surface area contributed by atoms with Crippen LogP contribution in [0.25, 0.3) is 10.9 Å². The van der Waals surface area contributed by atoms with Crippen LogP contribution < -0.4 is 14.9 Å². The average molecular weight is 473 g/mol. The zero-order chi connectivity index (χ0) is 20.0. The Morgan fingerprint density at radius 3 is 2.79 bits per heavy atom. The highest BCUT2D eigenvalue weighted by Crippen LogP contribution is 2.40. The van der Waals surface area contributed by atoms with Gasteiger partial charge in [-0.2, -0.15) is 5.10 Å². The van der Waals surface area contributed by atoms with Gasteiger partial charge in [-0.3, -0.25) is 9.78 Å². The van der Waals surface area contributed by atoms with Crippen molar-refractivity contribution in [1.29, 1.82) is 0 Å². The summed E-state index contributed by atoms with van der Waals surface area (Å²) in [4.78, 5) is 17.6. The third-order valence-corrected chi connectivity index (χ3v) is 5.71. The van der Waals surface area contributed by atoms with Crippen molar-refractivity contribution in [3.63, 3.8) is 0 Å². The normalized spacial score (nSPS) is 15.2. The van der Waals surface area contributed by atoms with Crippen molar-refractivity contribution < 1.29 is 14.3 Å². The summed E-state index contributed by atoms with van der Waals surface area (Å²) in [5.74, 6) is 1.33. The zero-order valence-corrected chi connectivity index (χ0v) is 17.5. The van der Waals surface area contributed by atoms with E-state index in [1.807, 2.05) is 24.3 Å². The smallest absolute Gasteiger partial charge is 0.272 e. The predicted octanol–water partition coefficient (Wildman–Crippen LogP) is 5.02. The van der Waals surface area contributed by atoms with Crippen molar-refractivity contribution in [1.82, 2.24) is 10.4 Å². The fraction of sp³-hybridized carbons (Fsp3) is 0.190. The van der Waals surface area contributed by atoms with Gasteiger partial charge in [0.2, 0.25) is 6.79 Å². The molecule has 6 nitrogen and oxygen atoms in total. The standard InChI is InChI=1S/C21H15BrClN3O3/c22-13-3-4-17-14(6-13)15(7-18(25-17)11-1-2-11)21(27)26-24-9-12-5-19-20(8-16(12)23)29-10-28-19/h3-9,11H,1-2,10H2,(H,26,27)/b24-9-. The highest BCUT2D eigenvalue weighted by Gasteiger charge is 2.27. The number of nitrogens with one attached hydrogen (secondary N) is 1. The number of nitrogens with zero attached hydrogens (tertiary/aromatic N) is 2. The van der Waals surface area contributed by atoms with Gasteiger partial charge in [0.05, 0.1) is 22.3 Å². The quantitative estimate of drug-likeness (QED) is 0.427. The molecule has 0 saturated heterocycles. The first kappa shape index (κ1) is 18.4. The molecule has 2 aromatic carbocycles. The summed E-state index contributed by atoms with van der Waals surface area (Å²) in [5, 5.41) is 5.32. The number of pyridine rings is 1. The van der Waals surface area contributed by atoms with Crippen LogP contribution in [-0.2, 0) is 0 Å². The summed E-state index contributed by atoms with van der Waals surface area (Å²) >= 11 is 9.71. The van der Waals surface area contributed by atoms with Crippen molar-refractivity contribution in [3.8, 4) is 11.5 Å². The van der Waals surface area contributed by atoms with Gasteiger partial charge in [-0.05, 0) is 43.2 Å². The highest BCUT2D eigenvalue weighted by molar-refractivity contribution is 9.10. The van der Waals surface area contributed by atoms with E-state index in [4.69, 9.17) is 26.1 Å². The van der Waals surface area contributed by atoms with E-state index < -0.39 is 0 Å². The minimum Gasteiger partial charge on any atom is -0.454 e. The lowest BCUT2D eigenvalue weighted by atomic mass is 10.1. The second-order valence-corrected chi connectivity index (χ2v) is 8.28. The summed E-state index contributed by atoms with van der Waals surface area (Å²) in [5.41, 5.74) is 5.52. The van der Waals surface area contributed by atoms with Gasteiger partial charge >= 0.3 is 0 Å². The Bertz CT molecular complexity index is 1180. The summed E-state index contributed by atoms with van der Waals surface area (Å²) < 4.78 is 11.5. The fourth-order valence-electron chi connectivity index (χ4n) is 3.25. The molecule has 1 aliphatic carbocycles. The summed E-state index contributed by atoms with van der Waals surface area (Å²) in [6.07, 6.45) is 3.71. The monoisotopic (exact) mass is 471 g/mol. The number of carbonyl (C=O) groups is 1. The van der Waals surface area contributed by atoms with E-state index >= 15 is 0 Å². The molecule has 1 N–H and O–H groups in total. The molecule has 0 bridgehead atoms. The molecular weight excluding hydrogens is 458 g/mol. The number of hydrazone groups is 1. The molecule has 1 aromatic heterocycles. The summed E-state index contributed by atoms with van der Waals surface area (Å²) in [7, 11) is 0. The molecule has 146 valence electrons. The second-order valence-electron chi connectivity index (χ2n) is 6.96. The first-order valence-electron chi connectivity index (χ1n) is 9.11. The minimum absolute atomic E-state index is 0.164. The molecule has 29 heavy (non-hydrogen) atoms. The van der Waals surface area contributed by atoms with E-state index in [0.717, 1.165) is 33.9 Å². The third kappa shape index (κ3) is 3.68. The SMILES string of the molecule is O=C(N/N=C\c1cc2c(cc1Cl)OCO2)c1cc(C2CC2)nc2ccc(Br)cc12.